The zero-order valence-electron chi connectivity index (χ0n) is 17.5. The van der Waals surface area contributed by atoms with Crippen LogP contribution in [-0.2, 0) is 10.0 Å². The van der Waals surface area contributed by atoms with Crippen molar-refractivity contribution >= 4 is 21.8 Å². The van der Waals surface area contributed by atoms with Gasteiger partial charge in [0, 0.05) is 24.1 Å². The third-order valence-electron chi connectivity index (χ3n) is 4.45. The van der Waals surface area contributed by atoms with E-state index >= 15 is 0 Å². The summed E-state index contributed by atoms with van der Waals surface area (Å²) in [6.07, 6.45) is 5.05. The Bertz CT molecular complexity index is 1350. The number of aromatic nitrogens is 4. The molecule has 4 aromatic rings. The van der Waals surface area contributed by atoms with Crippen molar-refractivity contribution in [3.63, 3.8) is 0 Å². The molecular weight excluding hydrogens is 426 g/mol. The summed E-state index contributed by atoms with van der Waals surface area (Å²) in [5, 5.41) is 1.13. The normalized spacial score (nSPS) is 11.6. The van der Waals surface area contributed by atoms with Gasteiger partial charge in [-0.2, -0.15) is 4.98 Å². The largest absolute Gasteiger partial charge is 0.439 e. The van der Waals surface area contributed by atoms with Gasteiger partial charge in [-0.25, -0.2) is 18.4 Å². The number of ether oxygens (including phenoxy) is 1. The minimum Gasteiger partial charge on any atom is -0.439 e. The van der Waals surface area contributed by atoms with E-state index in [0.29, 0.717) is 29.0 Å². The van der Waals surface area contributed by atoms with Crippen molar-refractivity contribution in [3.8, 4) is 17.4 Å². The summed E-state index contributed by atoms with van der Waals surface area (Å²) >= 11 is 0. The second-order valence-corrected chi connectivity index (χ2v) is 8.51. The van der Waals surface area contributed by atoms with Crippen LogP contribution < -0.4 is 9.46 Å². The molecule has 2 heterocycles. The van der Waals surface area contributed by atoms with Crippen molar-refractivity contribution < 1.29 is 13.2 Å². The molecule has 2 aromatic heterocycles. The minimum atomic E-state index is -3.65. The number of anilines is 1. The van der Waals surface area contributed by atoms with Gasteiger partial charge in [0.2, 0.25) is 5.88 Å². The van der Waals surface area contributed by atoms with Crippen LogP contribution in [0.15, 0.2) is 78.5 Å². The highest BCUT2D eigenvalue weighted by Crippen LogP contribution is 2.24. The fourth-order valence-electron chi connectivity index (χ4n) is 2.96. The number of nitrogens with zero attached hydrogens (tertiary/aromatic N) is 4. The topological polar surface area (TPSA) is 99.0 Å². The van der Waals surface area contributed by atoms with Crippen molar-refractivity contribution in [2.75, 3.05) is 4.72 Å². The van der Waals surface area contributed by atoms with E-state index in [1.54, 1.807) is 43.5 Å². The highest BCUT2D eigenvalue weighted by molar-refractivity contribution is 7.95. The van der Waals surface area contributed by atoms with E-state index in [-0.39, 0.29) is 0 Å². The van der Waals surface area contributed by atoms with E-state index < -0.39 is 10.0 Å². The van der Waals surface area contributed by atoms with E-state index in [9.17, 15) is 8.42 Å². The first kappa shape index (κ1) is 21.3. The number of aryl methyl sites for hydroxylation is 2. The maximum Gasteiger partial charge on any atom is 0.255 e. The van der Waals surface area contributed by atoms with Gasteiger partial charge >= 0.3 is 0 Å². The third kappa shape index (κ3) is 5.38. The van der Waals surface area contributed by atoms with Gasteiger partial charge in [0.25, 0.3) is 10.0 Å². The number of rotatable bonds is 7. The van der Waals surface area contributed by atoms with Crippen molar-refractivity contribution in [1.29, 1.82) is 0 Å². The molecule has 0 aliphatic heterocycles. The molecule has 2 aromatic carbocycles. The molecule has 0 bridgehead atoms. The SMILES string of the molecule is Cc1nc(Oc2ccc(NS(=O)(=O)/C=C/c3ccccc3)cc2)cc(-n2ccnc2C)n1. The zero-order chi connectivity index (χ0) is 22.6. The fraction of sp³-hybridized carbons (Fsp3) is 0.0870. The molecule has 162 valence electrons. The molecular formula is C23H21N5O3S. The van der Waals surface area contributed by atoms with Gasteiger partial charge in [-0.15, -0.1) is 0 Å². The molecule has 0 amide bonds. The second-order valence-electron chi connectivity index (χ2n) is 6.94. The Hall–Kier alpha value is -3.98. The number of hydrogen-bond donors (Lipinski definition) is 1. The Kier molecular flexibility index (Phi) is 6.00. The fourth-order valence-corrected chi connectivity index (χ4v) is 3.83. The van der Waals surface area contributed by atoms with Gasteiger partial charge in [-0.05, 0) is 49.8 Å². The molecule has 0 saturated heterocycles. The number of benzene rings is 2. The molecule has 4 rings (SSSR count). The van der Waals surface area contributed by atoms with Crippen LogP contribution in [-0.4, -0.2) is 27.9 Å². The highest BCUT2D eigenvalue weighted by atomic mass is 32.2. The Morgan fingerprint density at radius 1 is 1.00 bits per heavy atom. The summed E-state index contributed by atoms with van der Waals surface area (Å²) in [6, 6.07) is 17.5. The van der Waals surface area contributed by atoms with Gasteiger partial charge in [0.05, 0.1) is 5.41 Å². The van der Waals surface area contributed by atoms with Crippen LogP contribution in [0.3, 0.4) is 0 Å². The number of imidazole rings is 1. The summed E-state index contributed by atoms with van der Waals surface area (Å²) in [5.41, 5.74) is 1.22. The Balaban J connectivity index is 1.46. The maximum atomic E-state index is 12.3. The number of sulfonamides is 1. The first-order valence-corrected chi connectivity index (χ1v) is 11.3. The summed E-state index contributed by atoms with van der Waals surface area (Å²) < 4.78 is 34.8. The zero-order valence-corrected chi connectivity index (χ0v) is 18.3. The van der Waals surface area contributed by atoms with Gasteiger partial charge in [-0.1, -0.05) is 30.3 Å². The number of nitrogens with one attached hydrogen (secondary N) is 1. The minimum absolute atomic E-state index is 0.375. The Morgan fingerprint density at radius 3 is 2.44 bits per heavy atom. The standard InChI is InChI=1S/C23H21N5O3S/c1-17-25-22(28-14-13-24-18(28)2)16-23(26-17)31-21-10-8-20(9-11-21)27-32(29,30)15-12-19-6-4-3-5-7-19/h3-16,27H,1-2H3/b15-12+. The van der Waals surface area contributed by atoms with E-state index in [4.69, 9.17) is 4.74 Å². The monoisotopic (exact) mass is 447 g/mol. The van der Waals surface area contributed by atoms with Gasteiger partial charge in [0.1, 0.15) is 23.2 Å². The molecule has 1 N–H and O–H groups in total. The molecule has 0 fully saturated rings. The Morgan fingerprint density at radius 2 is 1.75 bits per heavy atom. The number of hydrogen-bond acceptors (Lipinski definition) is 6. The van der Waals surface area contributed by atoms with Crippen LogP contribution in [0.2, 0.25) is 0 Å². The van der Waals surface area contributed by atoms with Crippen molar-refractivity contribution in [2.24, 2.45) is 0 Å². The van der Waals surface area contributed by atoms with Crippen molar-refractivity contribution in [3.05, 3.63) is 95.7 Å². The molecule has 0 aliphatic carbocycles. The molecule has 0 saturated carbocycles. The maximum absolute atomic E-state index is 12.3. The van der Waals surface area contributed by atoms with Gasteiger partial charge in [0.15, 0.2) is 0 Å². The Labute approximate surface area is 186 Å². The summed E-state index contributed by atoms with van der Waals surface area (Å²) in [6.45, 7) is 3.66. The third-order valence-corrected chi connectivity index (χ3v) is 5.46. The van der Waals surface area contributed by atoms with Gasteiger partial charge < -0.3 is 4.74 Å². The predicted molar refractivity (Wildman–Crippen MR) is 123 cm³/mol. The van der Waals surface area contributed by atoms with Crippen LogP contribution in [0, 0.1) is 13.8 Å². The molecule has 0 radical (unpaired) electrons. The predicted octanol–water partition coefficient (Wildman–Crippen LogP) is 4.48. The van der Waals surface area contributed by atoms with Crippen LogP contribution >= 0.6 is 0 Å². The average Bonchev–Trinajstić information content (AvgIpc) is 3.20. The van der Waals surface area contributed by atoms with Crippen LogP contribution in [0.25, 0.3) is 11.9 Å². The average molecular weight is 448 g/mol. The molecule has 0 unspecified atom stereocenters. The lowest BCUT2D eigenvalue weighted by Crippen LogP contribution is -2.08. The molecule has 32 heavy (non-hydrogen) atoms. The van der Waals surface area contributed by atoms with Crippen molar-refractivity contribution in [2.45, 2.75) is 13.8 Å². The van der Waals surface area contributed by atoms with E-state index in [1.165, 1.54) is 6.08 Å². The van der Waals surface area contributed by atoms with E-state index in [0.717, 1.165) is 16.8 Å². The second kappa shape index (κ2) is 9.03. The quantitative estimate of drug-likeness (QED) is 0.448. The van der Waals surface area contributed by atoms with Crippen molar-refractivity contribution in [1.82, 2.24) is 19.5 Å². The van der Waals surface area contributed by atoms with E-state index in [1.807, 2.05) is 48.0 Å². The van der Waals surface area contributed by atoms with Crippen LogP contribution in [0.1, 0.15) is 17.2 Å². The van der Waals surface area contributed by atoms with Crippen LogP contribution in [0.4, 0.5) is 5.69 Å². The van der Waals surface area contributed by atoms with Crippen LogP contribution in [0.5, 0.6) is 11.6 Å². The molecule has 0 aliphatic rings. The lowest BCUT2D eigenvalue weighted by molar-refractivity contribution is 0.459. The lowest BCUT2D eigenvalue weighted by atomic mass is 10.2. The first-order chi connectivity index (χ1) is 15.4. The molecule has 0 atom stereocenters. The molecule has 8 nitrogen and oxygen atoms in total. The smallest absolute Gasteiger partial charge is 0.255 e. The van der Waals surface area contributed by atoms with E-state index in [2.05, 4.69) is 19.7 Å². The molecule has 9 heteroatoms. The summed E-state index contributed by atoms with van der Waals surface area (Å²) in [7, 11) is -3.65. The first-order valence-electron chi connectivity index (χ1n) is 9.78. The van der Waals surface area contributed by atoms with Gasteiger partial charge in [-0.3, -0.25) is 9.29 Å². The lowest BCUT2D eigenvalue weighted by Gasteiger charge is -2.10. The molecule has 0 spiro atoms. The summed E-state index contributed by atoms with van der Waals surface area (Å²) in [5.74, 6) is 2.89. The summed E-state index contributed by atoms with van der Waals surface area (Å²) in [4.78, 5) is 12.9. The highest BCUT2D eigenvalue weighted by Gasteiger charge is 2.09.